The van der Waals surface area contributed by atoms with Crippen molar-refractivity contribution in [1.29, 1.82) is 0 Å². The molecule has 117 valence electrons. The molecule has 1 aliphatic heterocycles. The van der Waals surface area contributed by atoms with Gasteiger partial charge in [0.25, 0.3) is 22.6 Å². The highest BCUT2D eigenvalue weighted by Gasteiger charge is 2.36. The van der Waals surface area contributed by atoms with Gasteiger partial charge in [-0.25, -0.2) is 0 Å². The van der Waals surface area contributed by atoms with Crippen LogP contribution in [0.3, 0.4) is 0 Å². The van der Waals surface area contributed by atoms with Gasteiger partial charge >= 0.3 is 0 Å². The van der Waals surface area contributed by atoms with E-state index in [1.807, 2.05) is 0 Å². The molecule has 0 aliphatic carbocycles. The molecule has 0 saturated carbocycles. The van der Waals surface area contributed by atoms with Crippen molar-refractivity contribution in [3.63, 3.8) is 0 Å². The highest BCUT2D eigenvalue weighted by Crippen LogP contribution is 2.20. The number of hydrogen-bond acceptors (Lipinski definition) is 3. The molecular formula is C15H33B3N3. The van der Waals surface area contributed by atoms with E-state index < -0.39 is 0 Å². The smallest absolute Gasteiger partial charge is 0.290 e. The molecule has 0 spiro atoms. The van der Waals surface area contributed by atoms with E-state index in [1.54, 1.807) is 0 Å². The Hall–Kier alpha value is 0.0748. The van der Waals surface area contributed by atoms with Gasteiger partial charge in [0.1, 0.15) is 0 Å². The fourth-order valence-corrected chi connectivity index (χ4v) is 2.22. The van der Waals surface area contributed by atoms with Gasteiger partial charge in [0.05, 0.1) is 0 Å². The molecule has 1 saturated heterocycles. The molecule has 0 N–H and O–H groups in total. The van der Waals surface area contributed by atoms with E-state index in [0.717, 1.165) is 0 Å². The predicted octanol–water partition coefficient (Wildman–Crippen LogP) is 2.64. The van der Waals surface area contributed by atoms with Gasteiger partial charge in [-0.1, -0.05) is 62.3 Å². The molecule has 1 aliphatic rings. The Morgan fingerprint density at radius 2 is 0.619 bits per heavy atom. The molecule has 0 amide bonds. The van der Waals surface area contributed by atoms with Crippen molar-refractivity contribution in [3.05, 3.63) is 0 Å². The molecular weight excluding hydrogens is 255 g/mol. The minimum Gasteiger partial charge on any atom is -0.362 e. The van der Waals surface area contributed by atoms with Crippen LogP contribution in [0.25, 0.3) is 0 Å². The minimum absolute atomic E-state index is 0.502. The monoisotopic (exact) mass is 288 g/mol. The van der Waals surface area contributed by atoms with E-state index in [9.17, 15) is 0 Å². The molecule has 3 radical (unpaired) electrons. The van der Waals surface area contributed by atoms with Crippen LogP contribution in [0.15, 0.2) is 0 Å². The summed E-state index contributed by atoms with van der Waals surface area (Å²) >= 11 is 0. The molecule has 1 rings (SSSR count). The van der Waals surface area contributed by atoms with E-state index in [0.29, 0.717) is 35.9 Å². The summed E-state index contributed by atoms with van der Waals surface area (Å²) < 4.78 is 7.13. The predicted molar refractivity (Wildman–Crippen MR) is 95.7 cm³/mol. The van der Waals surface area contributed by atoms with E-state index >= 15 is 0 Å². The topological polar surface area (TPSA) is 9.72 Å². The van der Waals surface area contributed by atoms with Gasteiger partial charge in [0, 0.05) is 0 Å². The van der Waals surface area contributed by atoms with Crippen molar-refractivity contribution in [1.82, 2.24) is 14.2 Å². The second kappa shape index (κ2) is 8.08. The standard InChI is InChI=1S/C15H33B3N3/c1-10(2)13(7)19-16-20(14(8)11(3)4)18-21(17-19)15(9)12(5)6/h10-15H,1-9H3. The quantitative estimate of drug-likeness (QED) is 0.696. The van der Waals surface area contributed by atoms with Gasteiger partial charge in [-0.15, -0.1) is 0 Å². The second-order valence-corrected chi connectivity index (χ2v) is 7.64. The molecule has 0 bridgehead atoms. The zero-order valence-electron chi connectivity index (χ0n) is 15.5. The average Bonchev–Trinajstić information content (AvgIpc) is 2.43. The molecule has 3 atom stereocenters. The van der Waals surface area contributed by atoms with E-state index in [4.69, 9.17) is 0 Å². The van der Waals surface area contributed by atoms with Crippen molar-refractivity contribution in [2.45, 2.75) is 80.4 Å². The first-order valence-corrected chi connectivity index (χ1v) is 8.52. The summed E-state index contributed by atoms with van der Waals surface area (Å²) in [7, 11) is 6.83. The molecule has 3 nitrogen and oxygen atoms in total. The van der Waals surface area contributed by atoms with Gasteiger partial charge in [-0.05, 0) is 35.9 Å². The Morgan fingerprint density at radius 3 is 0.762 bits per heavy atom. The van der Waals surface area contributed by atoms with Crippen LogP contribution in [-0.2, 0) is 0 Å². The Kier molecular flexibility index (Phi) is 7.35. The lowest BCUT2D eigenvalue weighted by atomic mass is 9.68. The lowest BCUT2D eigenvalue weighted by Gasteiger charge is -2.49. The van der Waals surface area contributed by atoms with Gasteiger partial charge in [0.2, 0.25) is 0 Å². The van der Waals surface area contributed by atoms with Gasteiger partial charge in [0.15, 0.2) is 0 Å². The van der Waals surface area contributed by atoms with Crippen molar-refractivity contribution in [3.8, 4) is 0 Å². The third kappa shape index (κ3) is 5.04. The molecule has 6 heteroatoms. The van der Waals surface area contributed by atoms with Crippen LogP contribution in [0.5, 0.6) is 0 Å². The fraction of sp³-hybridized carbons (Fsp3) is 1.00. The Morgan fingerprint density at radius 1 is 0.429 bits per heavy atom. The normalized spacial score (nSPS) is 22.9. The van der Waals surface area contributed by atoms with E-state index in [1.165, 1.54) is 0 Å². The van der Waals surface area contributed by atoms with Crippen molar-refractivity contribution in [2.75, 3.05) is 0 Å². The van der Waals surface area contributed by atoms with Crippen LogP contribution >= 0.6 is 0 Å². The highest BCUT2D eigenvalue weighted by molar-refractivity contribution is 6.65. The van der Waals surface area contributed by atoms with E-state index in [-0.39, 0.29) is 0 Å². The van der Waals surface area contributed by atoms with E-state index in [2.05, 4.69) is 99.1 Å². The first-order chi connectivity index (χ1) is 9.65. The summed E-state index contributed by atoms with van der Waals surface area (Å²) in [5, 5.41) is 0. The Labute approximate surface area is 135 Å². The number of nitrogens with zero attached hydrogens (tertiary/aromatic N) is 3. The zero-order chi connectivity index (χ0) is 16.3. The van der Waals surface area contributed by atoms with Gasteiger partial charge in [-0.2, -0.15) is 0 Å². The highest BCUT2D eigenvalue weighted by atomic mass is 15.3. The first-order valence-electron chi connectivity index (χ1n) is 8.52. The lowest BCUT2D eigenvalue weighted by Crippen LogP contribution is -2.68. The van der Waals surface area contributed by atoms with Crippen LogP contribution in [0.4, 0.5) is 0 Å². The summed E-state index contributed by atoms with van der Waals surface area (Å²) in [6, 6.07) is 1.51. The molecule has 0 aromatic heterocycles. The summed E-state index contributed by atoms with van der Waals surface area (Å²) in [6.07, 6.45) is 0. The number of rotatable bonds is 6. The maximum atomic E-state index is 2.38. The van der Waals surface area contributed by atoms with Crippen LogP contribution < -0.4 is 0 Å². The van der Waals surface area contributed by atoms with Gasteiger partial charge < -0.3 is 14.2 Å². The third-order valence-corrected chi connectivity index (χ3v) is 5.11. The zero-order valence-corrected chi connectivity index (χ0v) is 15.5. The van der Waals surface area contributed by atoms with Gasteiger partial charge in [-0.3, -0.25) is 0 Å². The molecule has 3 unspecified atom stereocenters. The molecule has 0 aromatic carbocycles. The lowest BCUT2D eigenvalue weighted by molar-refractivity contribution is 0.280. The summed E-state index contributed by atoms with van der Waals surface area (Å²) in [5.41, 5.74) is 0. The van der Waals surface area contributed by atoms with Crippen LogP contribution in [0, 0.1) is 17.8 Å². The maximum absolute atomic E-state index is 2.38. The third-order valence-electron chi connectivity index (χ3n) is 5.11. The summed E-state index contributed by atoms with van der Waals surface area (Å²) in [5.74, 6) is 1.88. The van der Waals surface area contributed by atoms with Crippen LogP contribution in [-0.4, -0.2) is 54.9 Å². The Balaban J connectivity index is 2.87. The van der Waals surface area contributed by atoms with Crippen molar-refractivity contribution < 1.29 is 0 Å². The summed E-state index contributed by atoms with van der Waals surface area (Å²) in [6.45, 7) is 20.6. The van der Waals surface area contributed by atoms with Crippen LogP contribution in [0.2, 0.25) is 0 Å². The maximum Gasteiger partial charge on any atom is 0.290 e. The molecule has 0 aromatic rings. The largest absolute Gasteiger partial charge is 0.362 e. The fourth-order valence-electron chi connectivity index (χ4n) is 2.22. The second-order valence-electron chi connectivity index (χ2n) is 7.64. The molecule has 21 heavy (non-hydrogen) atoms. The average molecular weight is 288 g/mol. The molecule has 1 heterocycles. The van der Waals surface area contributed by atoms with Crippen molar-refractivity contribution >= 4 is 22.6 Å². The summed E-state index contributed by atoms with van der Waals surface area (Å²) in [4.78, 5) is 0. The minimum atomic E-state index is 0.502. The molecule has 1 fully saturated rings. The SMILES string of the molecule is CC(C)C(C)N1[B]N(C(C)C(C)C)[B]N(C(C)C(C)C)[B]1. The van der Waals surface area contributed by atoms with Crippen molar-refractivity contribution in [2.24, 2.45) is 17.8 Å². The first kappa shape index (κ1) is 19.1. The Bertz CT molecular complexity index is 259. The number of hydrogen-bond donors (Lipinski definition) is 0. The van der Waals surface area contributed by atoms with Crippen LogP contribution in [0.1, 0.15) is 62.3 Å².